The van der Waals surface area contributed by atoms with Gasteiger partial charge in [-0.05, 0) is 50.1 Å². The molecule has 1 aromatic carbocycles. The van der Waals surface area contributed by atoms with Crippen LogP contribution in [-0.2, 0) is 10.0 Å². The number of carbonyl (C=O) groups excluding carboxylic acids is 1. The zero-order chi connectivity index (χ0) is 25.2. The van der Waals surface area contributed by atoms with Crippen molar-refractivity contribution in [3.63, 3.8) is 0 Å². The summed E-state index contributed by atoms with van der Waals surface area (Å²) in [6.45, 7) is 3.62. The number of pyridine rings is 1. The van der Waals surface area contributed by atoms with E-state index in [1.165, 1.54) is 15.3 Å². The van der Waals surface area contributed by atoms with E-state index in [1.54, 1.807) is 50.5 Å². The molecule has 2 aromatic rings. The van der Waals surface area contributed by atoms with Gasteiger partial charge < -0.3 is 14.7 Å². The lowest BCUT2D eigenvalue weighted by Crippen LogP contribution is -2.50. The SMILES string of the molecule is C[C@@H]1CN([C@H](C)CO)S(=O)(=O)c2ccc(C#CC3CC3)cc2O[C@H]1CN(C)C(=O)c1ccccn1. The predicted molar refractivity (Wildman–Crippen MR) is 131 cm³/mol. The minimum Gasteiger partial charge on any atom is -0.487 e. The summed E-state index contributed by atoms with van der Waals surface area (Å²) in [5, 5.41) is 9.78. The molecular weight excluding hydrogens is 466 g/mol. The fourth-order valence-corrected chi connectivity index (χ4v) is 5.80. The highest BCUT2D eigenvalue weighted by Crippen LogP contribution is 2.34. The lowest BCUT2D eigenvalue weighted by molar-refractivity contribution is 0.0559. The predicted octanol–water partition coefficient (Wildman–Crippen LogP) is 2.38. The van der Waals surface area contributed by atoms with E-state index in [1.807, 2.05) is 6.92 Å². The molecule has 8 nitrogen and oxygen atoms in total. The van der Waals surface area contributed by atoms with Crippen LogP contribution in [0.5, 0.6) is 5.75 Å². The normalized spacial score (nSPS) is 22.4. The molecule has 1 saturated carbocycles. The Morgan fingerprint density at radius 1 is 1.31 bits per heavy atom. The maximum absolute atomic E-state index is 13.6. The van der Waals surface area contributed by atoms with Crippen molar-refractivity contribution in [2.75, 3.05) is 26.7 Å². The topological polar surface area (TPSA) is 100 Å². The highest BCUT2D eigenvalue weighted by molar-refractivity contribution is 7.89. The van der Waals surface area contributed by atoms with Crippen LogP contribution in [0.3, 0.4) is 0 Å². The Morgan fingerprint density at radius 3 is 2.74 bits per heavy atom. The van der Waals surface area contributed by atoms with E-state index in [2.05, 4.69) is 16.8 Å². The van der Waals surface area contributed by atoms with E-state index in [0.717, 1.165) is 12.8 Å². The first kappa shape index (κ1) is 25.2. The van der Waals surface area contributed by atoms with Crippen molar-refractivity contribution in [1.82, 2.24) is 14.2 Å². The standard InChI is InChI=1S/C26H31N3O5S/c1-18-15-29(19(2)17-30)35(32,33)25-12-11-21(10-9-20-7-8-20)14-23(25)34-24(18)16-28(3)26(31)22-6-4-5-13-27-22/h4-6,11-14,18-20,24,30H,7-8,15-17H2,1-3H3/t18-,19-,24+/m1/s1. The molecule has 1 aromatic heterocycles. The van der Waals surface area contributed by atoms with Gasteiger partial charge in [-0.15, -0.1) is 0 Å². The first-order valence-corrected chi connectivity index (χ1v) is 13.3. The quantitative estimate of drug-likeness (QED) is 0.637. The van der Waals surface area contributed by atoms with Crippen molar-refractivity contribution in [2.45, 2.75) is 43.7 Å². The number of rotatable bonds is 5. The van der Waals surface area contributed by atoms with Gasteiger partial charge in [-0.25, -0.2) is 8.42 Å². The van der Waals surface area contributed by atoms with Crippen LogP contribution in [0.25, 0.3) is 0 Å². The molecule has 1 amide bonds. The van der Waals surface area contributed by atoms with Gasteiger partial charge in [-0.2, -0.15) is 4.31 Å². The van der Waals surface area contributed by atoms with Crippen molar-refractivity contribution in [2.24, 2.45) is 11.8 Å². The summed E-state index contributed by atoms with van der Waals surface area (Å²) in [7, 11) is -2.25. The molecule has 0 bridgehead atoms. The van der Waals surface area contributed by atoms with Gasteiger partial charge in [0.05, 0.1) is 13.2 Å². The lowest BCUT2D eigenvalue weighted by atomic mass is 10.0. The fourth-order valence-electron chi connectivity index (χ4n) is 3.97. The van der Waals surface area contributed by atoms with Crippen LogP contribution in [-0.4, -0.2) is 72.5 Å². The van der Waals surface area contributed by atoms with Gasteiger partial charge in [-0.3, -0.25) is 9.78 Å². The molecule has 3 atom stereocenters. The molecule has 0 saturated heterocycles. The van der Waals surface area contributed by atoms with E-state index in [-0.39, 0.29) is 42.2 Å². The Hall–Kier alpha value is -2.93. The summed E-state index contributed by atoms with van der Waals surface area (Å²) in [5.41, 5.74) is 1.00. The van der Waals surface area contributed by atoms with Crippen molar-refractivity contribution >= 4 is 15.9 Å². The average molecular weight is 498 g/mol. The Bertz CT molecular complexity index is 1230. The zero-order valence-electron chi connectivity index (χ0n) is 20.2. The number of carbonyl (C=O) groups is 1. The number of aliphatic hydroxyl groups excluding tert-OH is 1. The van der Waals surface area contributed by atoms with Crippen LogP contribution in [0.15, 0.2) is 47.5 Å². The second kappa shape index (κ2) is 10.4. The first-order chi connectivity index (χ1) is 16.7. The van der Waals surface area contributed by atoms with Gasteiger partial charge in [0.25, 0.3) is 5.91 Å². The summed E-state index contributed by atoms with van der Waals surface area (Å²) in [5.74, 6) is 6.40. The number of amides is 1. The molecule has 1 aliphatic heterocycles. The second-order valence-corrected chi connectivity index (χ2v) is 11.2. The third-order valence-corrected chi connectivity index (χ3v) is 8.37. The van der Waals surface area contributed by atoms with Gasteiger partial charge in [0.2, 0.25) is 10.0 Å². The smallest absolute Gasteiger partial charge is 0.272 e. The molecule has 0 radical (unpaired) electrons. The number of aliphatic hydroxyl groups is 1. The fraction of sp³-hybridized carbons (Fsp3) is 0.462. The number of aromatic nitrogens is 1. The number of benzene rings is 1. The third-order valence-electron chi connectivity index (χ3n) is 6.35. The highest BCUT2D eigenvalue weighted by Gasteiger charge is 2.38. The van der Waals surface area contributed by atoms with E-state index in [9.17, 15) is 18.3 Å². The van der Waals surface area contributed by atoms with Crippen molar-refractivity contribution in [3.05, 3.63) is 53.9 Å². The van der Waals surface area contributed by atoms with Crippen LogP contribution in [0.4, 0.5) is 0 Å². The van der Waals surface area contributed by atoms with Gasteiger partial charge in [0.1, 0.15) is 22.4 Å². The average Bonchev–Trinajstić information content (AvgIpc) is 3.69. The molecule has 0 spiro atoms. The third kappa shape index (κ3) is 5.67. The minimum absolute atomic E-state index is 0.0328. The Morgan fingerprint density at radius 2 is 2.09 bits per heavy atom. The van der Waals surface area contributed by atoms with Gasteiger partial charge in [0.15, 0.2) is 0 Å². The summed E-state index contributed by atoms with van der Waals surface area (Å²) >= 11 is 0. The monoisotopic (exact) mass is 497 g/mol. The minimum atomic E-state index is -3.92. The molecule has 35 heavy (non-hydrogen) atoms. The molecular formula is C26H31N3O5S. The van der Waals surface area contributed by atoms with Crippen molar-refractivity contribution in [3.8, 4) is 17.6 Å². The number of likely N-dealkylation sites (N-methyl/N-ethyl adjacent to an activating group) is 1. The van der Waals surface area contributed by atoms with E-state index >= 15 is 0 Å². The highest BCUT2D eigenvalue weighted by atomic mass is 32.2. The van der Waals surface area contributed by atoms with Crippen LogP contribution in [0.1, 0.15) is 42.7 Å². The lowest BCUT2D eigenvalue weighted by Gasteiger charge is -2.37. The van der Waals surface area contributed by atoms with E-state index in [4.69, 9.17) is 4.74 Å². The summed E-state index contributed by atoms with van der Waals surface area (Å²) in [4.78, 5) is 18.6. The largest absolute Gasteiger partial charge is 0.487 e. The van der Waals surface area contributed by atoms with E-state index < -0.39 is 22.2 Å². The Balaban J connectivity index is 1.69. The first-order valence-electron chi connectivity index (χ1n) is 11.8. The van der Waals surface area contributed by atoms with Crippen LogP contribution in [0.2, 0.25) is 0 Å². The Kier molecular flexibility index (Phi) is 7.45. The van der Waals surface area contributed by atoms with E-state index in [0.29, 0.717) is 17.2 Å². The van der Waals surface area contributed by atoms with Crippen molar-refractivity contribution in [1.29, 1.82) is 0 Å². The maximum atomic E-state index is 13.6. The molecule has 1 aliphatic carbocycles. The molecule has 2 heterocycles. The molecule has 0 unspecified atom stereocenters. The molecule has 1 N–H and O–H groups in total. The van der Waals surface area contributed by atoms with Gasteiger partial charge in [0, 0.05) is 43.2 Å². The molecule has 2 aliphatic rings. The Labute approximate surface area is 207 Å². The number of hydrogen-bond donors (Lipinski definition) is 1. The number of fused-ring (bicyclic) bond motifs is 1. The molecule has 9 heteroatoms. The van der Waals surface area contributed by atoms with Gasteiger partial charge >= 0.3 is 0 Å². The zero-order valence-corrected chi connectivity index (χ0v) is 21.0. The molecule has 186 valence electrons. The summed E-state index contributed by atoms with van der Waals surface area (Å²) < 4.78 is 34.8. The summed E-state index contributed by atoms with van der Waals surface area (Å²) in [6, 6.07) is 9.41. The van der Waals surface area contributed by atoms with Gasteiger partial charge in [-0.1, -0.05) is 24.8 Å². The molecule has 1 fully saturated rings. The number of sulfonamides is 1. The summed E-state index contributed by atoms with van der Waals surface area (Å²) in [6.07, 6.45) is 3.25. The van der Waals surface area contributed by atoms with Crippen LogP contribution in [0, 0.1) is 23.7 Å². The number of nitrogens with zero attached hydrogens (tertiary/aromatic N) is 3. The molecule has 4 rings (SSSR count). The number of ether oxygens (including phenoxy) is 1. The maximum Gasteiger partial charge on any atom is 0.272 e. The van der Waals surface area contributed by atoms with Crippen molar-refractivity contribution < 1.29 is 23.1 Å². The van der Waals surface area contributed by atoms with Crippen LogP contribution < -0.4 is 4.74 Å². The second-order valence-electron chi connectivity index (χ2n) is 9.35. The van der Waals surface area contributed by atoms with Crippen LogP contribution >= 0.6 is 0 Å². The number of hydrogen-bond acceptors (Lipinski definition) is 6.